The van der Waals surface area contributed by atoms with Gasteiger partial charge in [-0.15, -0.1) is 0 Å². The summed E-state index contributed by atoms with van der Waals surface area (Å²) in [7, 11) is 0. The Morgan fingerprint density at radius 3 is 2.53 bits per heavy atom. The molecule has 6 heteroatoms. The monoisotopic (exact) mass is 238 g/mol. The molecule has 0 bridgehead atoms. The maximum atomic E-state index is 11.8. The molecule has 3 N–H and O–H groups in total. The molecule has 1 aromatic rings. The van der Waals surface area contributed by atoms with Crippen molar-refractivity contribution in [1.29, 1.82) is 0 Å². The molecular weight excluding hydrogens is 229 g/mol. The molecule has 0 heterocycles. The first-order chi connectivity index (χ1) is 6.88. The summed E-state index contributed by atoms with van der Waals surface area (Å²) in [5, 5.41) is 2.66. The van der Waals surface area contributed by atoms with Gasteiger partial charge in [-0.3, -0.25) is 0 Å². The topological polar surface area (TPSA) is 38.0 Å². The SMILES string of the molecule is Nc1cc(CNCC(F)(F)F)ccc1Cl. The lowest BCUT2D eigenvalue weighted by Gasteiger charge is -2.08. The Balaban J connectivity index is 2.48. The van der Waals surface area contributed by atoms with E-state index in [9.17, 15) is 13.2 Å². The fraction of sp³-hybridized carbons (Fsp3) is 0.333. The Hall–Kier alpha value is -0.940. The van der Waals surface area contributed by atoms with Crippen LogP contribution >= 0.6 is 11.6 Å². The van der Waals surface area contributed by atoms with E-state index >= 15 is 0 Å². The van der Waals surface area contributed by atoms with E-state index in [1.165, 1.54) is 0 Å². The van der Waals surface area contributed by atoms with Crippen LogP contribution in [0.4, 0.5) is 18.9 Å². The molecule has 2 nitrogen and oxygen atoms in total. The molecule has 0 spiro atoms. The van der Waals surface area contributed by atoms with E-state index in [0.717, 1.165) is 0 Å². The molecule has 0 aliphatic rings. The second-order valence-electron chi connectivity index (χ2n) is 3.07. The third-order valence-electron chi connectivity index (χ3n) is 1.71. The largest absolute Gasteiger partial charge is 0.401 e. The Morgan fingerprint density at radius 2 is 2.00 bits per heavy atom. The molecular formula is C9H10ClF3N2. The molecule has 1 aromatic carbocycles. The number of hydrogen-bond acceptors (Lipinski definition) is 2. The van der Waals surface area contributed by atoms with Gasteiger partial charge in [0.1, 0.15) is 0 Å². The van der Waals surface area contributed by atoms with Gasteiger partial charge in [0.05, 0.1) is 17.3 Å². The maximum absolute atomic E-state index is 11.8. The van der Waals surface area contributed by atoms with Gasteiger partial charge in [-0.05, 0) is 17.7 Å². The van der Waals surface area contributed by atoms with Gasteiger partial charge in [0.25, 0.3) is 0 Å². The number of nitrogens with two attached hydrogens (primary N) is 1. The highest BCUT2D eigenvalue weighted by atomic mass is 35.5. The van der Waals surface area contributed by atoms with Crippen LogP contribution in [0.15, 0.2) is 18.2 Å². The minimum Gasteiger partial charge on any atom is -0.398 e. The van der Waals surface area contributed by atoms with E-state index in [0.29, 0.717) is 16.3 Å². The summed E-state index contributed by atoms with van der Waals surface area (Å²) < 4.78 is 35.4. The fourth-order valence-electron chi connectivity index (χ4n) is 1.05. The third kappa shape index (κ3) is 4.40. The van der Waals surface area contributed by atoms with Gasteiger partial charge in [-0.1, -0.05) is 17.7 Å². The van der Waals surface area contributed by atoms with E-state index in [2.05, 4.69) is 5.32 Å². The Labute approximate surface area is 90.2 Å². The summed E-state index contributed by atoms with van der Waals surface area (Å²) >= 11 is 5.66. The summed E-state index contributed by atoms with van der Waals surface area (Å²) in [6, 6.07) is 4.73. The fourth-order valence-corrected chi connectivity index (χ4v) is 1.17. The smallest absolute Gasteiger partial charge is 0.398 e. The highest BCUT2D eigenvalue weighted by molar-refractivity contribution is 6.33. The van der Waals surface area contributed by atoms with Crippen molar-refractivity contribution in [3.63, 3.8) is 0 Å². The summed E-state index contributed by atoms with van der Waals surface area (Å²) in [6.45, 7) is -0.906. The van der Waals surface area contributed by atoms with Crippen LogP contribution < -0.4 is 11.1 Å². The van der Waals surface area contributed by atoms with Crippen LogP contribution in [-0.4, -0.2) is 12.7 Å². The average Bonchev–Trinajstić information content (AvgIpc) is 2.09. The lowest BCUT2D eigenvalue weighted by Crippen LogP contribution is -2.28. The van der Waals surface area contributed by atoms with Gasteiger partial charge in [0.2, 0.25) is 0 Å². The predicted octanol–water partition coefficient (Wildman–Crippen LogP) is 2.57. The molecule has 0 radical (unpaired) electrons. The molecule has 0 amide bonds. The minimum absolute atomic E-state index is 0.112. The van der Waals surface area contributed by atoms with E-state index in [4.69, 9.17) is 17.3 Å². The van der Waals surface area contributed by atoms with Crippen molar-refractivity contribution >= 4 is 17.3 Å². The Morgan fingerprint density at radius 1 is 1.33 bits per heavy atom. The van der Waals surface area contributed by atoms with Gasteiger partial charge in [-0.25, -0.2) is 0 Å². The zero-order chi connectivity index (χ0) is 11.5. The van der Waals surface area contributed by atoms with Crippen molar-refractivity contribution in [2.75, 3.05) is 12.3 Å². The molecule has 0 unspecified atom stereocenters. The second-order valence-corrected chi connectivity index (χ2v) is 3.48. The van der Waals surface area contributed by atoms with Crippen molar-refractivity contribution in [2.24, 2.45) is 0 Å². The average molecular weight is 239 g/mol. The van der Waals surface area contributed by atoms with Gasteiger partial charge in [0, 0.05) is 6.54 Å². The molecule has 15 heavy (non-hydrogen) atoms. The van der Waals surface area contributed by atoms with Crippen molar-refractivity contribution in [1.82, 2.24) is 5.32 Å². The molecule has 84 valence electrons. The van der Waals surface area contributed by atoms with E-state index in [1.807, 2.05) is 0 Å². The summed E-state index contributed by atoms with van der Waals surface area (Å²) in [6.07, 6.45) is -4.20. The molecule has 0 aliphatic heterocycles. The standard InChI is InChI=1S/C9H10ClF3N2/c10-7-2-1-6(3-8(7)14)4-15-5-9(11,12)13/h1-3,15H,4-5,14H2. The van der Waals surface area contributed by atoms with Gasteiger partial charge in [0.15, 0.2) is 0 Å². The third-order valence-corrected chi connectivity index (χ3v) is 2.06. The van der Waals surface area contributed by atoms with Crippen LogP contribution in [0.2, 0.25) is 5.02 Å². The minimum atomic E-state index is -4.20. The van der Waals surface area contributed by atoms with E-state index < -0.39 is 12.7 Å². The van der Waals surface area contributed by atoms with Crippen molar-refractivity contribution in [2.45, 2.75) is 12.7 Å². The van der Waals surface area contributed by atoms with Crippen molar-refractivity contribution in [3.8, 4) is 0 Å². The highest BCUT2D eigenvalue weighted by Crippen LogP contribution is 2.19. The highest BCUT2D eigenvalue weighted by Gasteiger charge is 2.25. The Bertz CT molecular complexity index is 339. The molecule has 0 aromatic heterocycles. The van der Waals surface area contributed by atoms with Crippen LogP contribution in [0.3, 0.4) is 0 Å². The van der Waals surface area contributed by atoms with Gasteiger partial charge < -0.3 is 11.1 Å². The van der Waals surface area contributed by atoms with Crippen molar-refractivity contribution < 1.29 is 13.2 Å². The number of alkyl halides is 3. The second kappa shape index (κ2) is 4.72. The van der Waals surface area contributed by atoms with Crippen molar-refractivity contribution in [3.05, 3.63) is 28.8 Å². The van der Waals surface area contributed by atoms with E-state index in [1.54, 1.807) is 18.2 Å². The summed E-state index contributed by atoms with van der Waals surface area (Å²) in [5.41, 5.74) is 6.53. The number of rotatable bonds is 3. The molecule has 1 rings (SSSR count). The zero-order valence-electron chi connectivity index (χ0n) is 7.74. The predicted molar refractivity (Wildman–Crippen MR) is 53.6 cm³/mol. The molecule has 0 saturated carbocycles. The summed E-state index contributed by atoms with van der Waals surface area (Å²) in [5.74, 6) is 0. The normalized spacial score (nSPS) is 11.7. The number of anilines is 1. The van der Waals surface area contributed by atoms with Gasteiger partial charge in [-0.2, -0.15) is 13.2 Å². The van der Waals surface area contributed by atoms with E-state index in [-0.39, 0.29) is 6.54 Å². The number of nitrogen functional groups attached to an aromatic ring is 1. The molecule has 0 aliphatic carbocycles. The number of halogens is 4. The van der Waals surface area contributed by atoms with Crippen LogP contribution in [-0.2, 0) is 6.54 Å². The van der Waals surface area contributed by atoms with Crippen LogP contribution in [0.5, 0.6) is 0 Å². The Kier molecular flexibility index (Phi) is 3.82. The lowest BCUT2D eigenvalue weighted by molar-refractivity contribution is -0.125. The quantitative estimate of drug-likeness (QED) is 0.795. The number of hydrogen-bond donors (Lipinski definition) is 2. The number of nitrogens with one attached hydrogen (secondary N) is 1. The first-order valence-electron chi connectivity index (χ1n) is 4.20. The first kappa shape index (κ1) is 12.1. The van der Waals surface area contributed by atoms with Gasteiger partial charge >= 0.3 is 6.18 Å². The van der Waals surface area contributed by atoms with Crippen LogP contribution in [0.25, 0.3) is 0 Å². The van der Waals surface area contributed by atoms with Crippen LogP contribution in [0.1, 0.15) is 5.56 Å². The maximum Gasteiger partial charge on any atom is 0.401 e. The lowest BCUT2D eigenvalue weighted by atomic mass is 10.2. The first-order valence-corrected chi connectivity index (χ1v) is 4.57. The molecule has 0 saturated heterocycles. The summed E-state index contributed by atoms with van der Waals surface area (Å²) in [4.78, 5) is 0. The van der Waals surface area contributed by atoms with Crippen LogP contribution in [0, 0.1) is 0 Å². The zero-order valence-corrected chi connectivity index (χ0v) is 8.49. The molecule has 0 fully saturated rings. The molecule has 0 atom stereocenters. The number of benzene rings is 1.